The normalized spacial score (nSPS) is 14.6. The second kappa shape index (κ2) is 7.57. The molecule has 0 radical (unpaired) electrons. The number of imidazole rings is 1. The number of aryl methyl sites for hydroxylation is 1. The molecule has 0 aliphatic carbocycles. The molecule has 24 heavy (non-hydrogen) atoms. The van der Waals surface area contributed by atoms with Gasteiger partial charge in [0.15, 0.2) is 5.82 Å². The van der Waals surface area contributed by atoms with Crippen LogP contribution in [0.5, 0.6) is 0 Å². The predicted octanol–water partition coefficient (Wildman–Crippen LogP) is 0.820. The summed E-state index contributed by atoms with van der Waals surface area (Å²) in [5.41, 5.74) is 2.40. The number of carbonyl (C=O) groups is 1. The van der Waals surface area contributed by atoms with Crippen LogP contribution in [0.2, 0.25) is 0 Å². The molecule has 0 saturated carbocycles. The smallest absolute Gasteiger partial charge is 0.240 e. The largest absolute Gasteiger partial charge is 0.356 e. The lowest BCUT2D eigenvalue weighted by Gasteiger charge is -2.24. The Morgan fingerprint density at radius 2 is 2.33 bits per heavy atom. The molecular formula is C16H24N6O2. The van der Waals surface area contributed by atoms with Crippen molar-refractivity contribution in [1.29, 1.82) is 0 Å². The number of carbonyl (C=O) groups excluding carboxylic acids is 1. The highest BCUT2D eigenvalue weighted by Gasteiger charge is 2.22. The molecule has 0 fully saturated rings. The lowest BCUT2D eigenvalue weighted by molar-refractivity contribution is -0.120. The number of nitrogens with one attached hydrogen (secondary N) is 1. The van der Waals surface area contributed by atoms with Crippen LogP contribution in [0.25, 0.3) is 0 Å². The third-order valence-electron chi connectivity index (χ3n) is 4.22. The third kappa shape index (κ3) is 4.00. The van der Waals surface area contributed by atoms with Gasteiger partial charge in [0.25, 0.3) is 0 Å². The summed E-state index contributed by atoms with van der Waals surface area (Å²) in [6, 6.07) is 0. The van der Waals surface area contributed by atoms with Gasteiger partial charge in [0.05, 0.1) is 25.0 Å². The Morgan fingerprint density at radius 1 is 1.46 bits per heavy atom. The van der Waals surface area contributed by atoms with Crippen LogP contribution in [0.1, 0.15) is 42.9 Å². The van der Waals surface area contributed by atoms with E-state index >= 15 is 0 Å². The zero-order valence-corrected chi connectivity index (χ0v) is 14.3. The number of rotatable bonds is 7. The predicted molar refractivity (Wildman–Crippen MR) is 86.9 cm³/mol. The van der Waals surface area contributed by atoms with Gasteiger partial charge in [-0.25, -0.2) is 4.98 Å². The number of unbranched alkanes of at least 4 members (excludes halogenated alkanes) is 1. The lowest BCUT2D eigenvalue weighted by Crippen LogP contribution is -2.31. The molecule has 3 rings (SSSR count). The van der Waals surface area contributed by atoms with Crippen molar-refractivity contribution in [2.75, 3.05) is 13.1 Å². The van der Waals surface area contributed by atoms with Crippen LogP contribution >= 0.6 is 0 Å². The van der Waals surface area contributed by atoms with Gasteiger partial charge in [0.1, 0.15) is 0 Å². The van der Waals surface area contributed by atoms with E-state index in [-0.39, 0.29) is 12.3 Å². The number of nitrogens with zero attached hydrogens (tertiary/aromatic N) is 5. The Kier molecular flexibility index (Phi) is 5.24. The van der Waals surface area contributed by atoms with Crippen LogP contribution < -0.4 is 5.32 Å². The fraction of sp³-hybridized carbons (Fsp3) is 0.625. The quantitative estimate of drug-likeness (QED) is 0.755. The van der Waals surface area contributed by atoms with Crippen LogP contribution in [-0.4, -0.2) is 43.6 Å². The van der Waals surface area contributed by atoms with E-state index in [0.717, 1.165) is 38.0 Å². The summed E-state index contributed by atoms with van der Waals surface area (Å²) >= 11 is 0. The summed E-state index contributed by atoms with van der Waals surface area (Å²) in [5, 5.41) is 6.76. The van der Waals surface area contributed by atoms with Crippen molar-refractivity contribution < 1.29 is 9.32 Å². The Balaban J connectivity index is 1.50. The number of hydrogen-bond acceptors (Lipinski definition) is 6. The van der Waals surface area contributed by atoms with Gasteiger partial charge in [-0.05, 0) is 6.42 Å². The van der Waals surface area contributed by atoms with Crippen molar-refractivity contribution in [2.24, 2.45) is 7.05 Å². The molecule has 0 atom stereocenters. The molecule has 0 bridgehead atoms. The highest BCUT2D eigenvalue weighted by molar-refractivity contribution is 5.77. The maximum absolute atomic E-state index is 11.8. The molecule has 1 amide bonds. The van der Waals surface area contributed by atoms with Gasteiger partial charge in [-0.1, -0.05) is 18.5 Å². The number of fused-ring (bicyclic) bond motifs is 1. The fourth-order valence-corrected chi connectivity index (χ4v) is 2.87. The second-order valence-corrected chi connectivity index (χ2v) is 6.19. The standard InChI is InChI=1S/C16H24N6O2/c1-3-4-6-17-15(23)8-14-19-16(24-20-14)10-22-7-5-13-12(9-22)18-11-21(13)2/h11H,3-10H2,1-2H3,(H,17,23). The average Bonchev–Trinajstić information content (AvgIpc) is 3.15. The first kappa shape index (κ1) is 16.6. The topological polar surface area (TPSA) is 89.1 Å². The second-order valence-electron chi connectivity index (χ2n) is 6.19. The van der Waals surface area contributed by atoms with Crippen molar-refractivity contribution in [3.05, 3.63) is 29.4 Å². The summed E-state index contributed by atoms with van der Waals surface area (Å²) in [6.45, 7) is 5.08. The zero-order valence-electron chi connectivity index (χ0n) is 14.3. The molecule has 2 aromatic heterocycles. The van der Waals surface area contributed by atoms with E-state index in [1.165, 1.54) is 5.69 Å². The van der Waals surface area contributed by atoms with Gasteiger partial charge in [-0.2, -0.15) is 4.98 Å². The Morgan fingerprint density at radius 3 is 3.17 bits per heavy atom. The average molecular weight is 332 g/mol. The van der Waals surface area contributed by atoms with Gasteiger partial charge < -0.3 is 14.4 Å². The summed E-state index contributed by atoms with van der Waals surface area (Å²) < 4.78 is 7.36. The minimum Gasteiger partial charge on any atom is -0.356 e. The maximum atomic E-state index is 11.8. The molecule has 130 valence electrons. The first-order valence-electron chi connectivity index (χ1n) is 8.45. The molecule has 0 saturated heterocycles. The number of amides is 1. The molecule has 8 heteroatoms. The summed E-state index contributed by atoms with van der Waals surface area (Å²) in [6.07, 6.45) is 5.02. The highest BCUT2D eigenvalue weighted by atomic mass is 16.5. The van der Waals surface area contributed by atoms with Crippen molar-refractivity contribution in [2.45, 2.75) is 45.7 Å². The van der Waals surface area contributed by atoms with E-state index in [2.05, 4.69) is 36.8 Å². The van der Waals surface area contributed by atoms with Crippen molar-refractivity contribution in [3.8, 4) is 0 Å². The van der Waals surface area contributed by atoms with E-state index in [1.807, 2.05) is 13.4 Å². The minimum absolute atomic E-state index is 0.0631. The van der Waals surface area contributed by atoms with Crippen LogP contribution in [0, 0.1) is 0 Å². The van der Waals surface area contributed by atoms with Gasteiger partial charge in [-0.3, -0.25) is 9.69 Å². The SMILES string of the molecule is CCCCNC(=O)Cc1noc(CN2CCc3c(ncn3C)C2)n1. The van der Waals surface area contributed by atoms with Crippen LogP contribution in [0.3, 0.4) is 0 Å². The molecule has 1 aliphatic rings. The molecule has 1 N–H and O–H groups in total. The summed E-state index contributed by atoms with van der Waals surface area (Å²) in [4.78, 5) is 22.8. The highest BCUT2D eigenvalue weighted by Crippen LogP contribution is 2.18. The fourth-order valence-electron chi connectivity index (χ4n) is 2.87. The van der Waals surface area contributed by atoms with Crippen LogP contribution in [0.15, 0.2) is 10.9 Å². The molecule has 3 heterocycles. The van der Waals surface area contributed by atoms with Gasteiger partial charge in [0.2, 0.25) is 11.8 Å². The molecular weight excluding hydrogens is 308 g/mol. The number of hydrogen-bond donors (Lipinski definition) is 1. The van der Waals surface area contributed by atoms with E-state index < -0.39 is 0 Å². The first-order chi connectivity index (χ1) is 11.7. The minimum atomic E-state index is -0.0631. The third-order valence-corrected chi connectivity index (χ3v) is 4.22. The zero-order chi connectivity index (χ0) is 16.9. The molecule has 0 spiro atoms. The maximum Gasteiger partial charge on any atom is 0.240 e. The van der Waals surface area contributed by atoms with Gasteiger partial charge in [0, 0.05) is 38.8 Å². The van der Waals surface area contributed by atoms with E-state index in [4.69, 9.17) is 4.52 Å². The molecule has 0 aromatic carbocycles. The molecule has 8 nitrogen and oxygen atoms in total. The monoisotopic (exact) mass is 332 g/mol. The summed E-state index contributed by atoms with van der Waals surface area (Å²) in [5.74, 6) is 0.923. The van der Waals surface area contributed by atoms with E-state index in [0.29, 0.717) is 24.8 Å². The molecule has 0 unspecified atom stereocenters. The van der Waals surface area contributed by atoms with Gasteiger partial charge in [-0.15, -0.1) is 0 Å². The number of aromatic nitrogens is 4. The van der Waals surface area contributed by atoms with E-state index in [1.54, 1.807) is 0 Å². The summed E-state index contributed by atoms with van der Waals surface area (Å²) in [7, 11) is 2.03. The van der Waals surface area contributed by atoms with E-state index in [9.17, 15) is 4.79 Å². The molecule has 1 aliphatic heterocycles. The van der Waals surface area contributed by atoms with Crippen molar-refractivity contribution in [3.63, 3.8) is 0 Å². The lowest BCUT2D eigenvalue weighted by atomic mass is 10.1. The van der Waals surface area contributed by atoms with Crippen molar-refractivity contribution in [1.82, 2.24) is 29.9 Å². The van der Waals surface area contributed by atoms with Crippen LogP contribution in [0.4, 0.5) is 0 Å². The Hall–Kier alpha value is -2.22. The van der Waals surface area contributed by atoms with Gasteiger partial charge >= 0.3 is 0 Å². The molecule has 2 aromatic rings. The van der Waals surface area contributed by atoms with Crippen molar-refractivity contribution >= 4 is 5.91 Å². The first-order valence-corrected chi connectivity index (χ1v) is 8.45. The Bertz CT molecular complexity index is 693. The van der Waals surface area contributed by atoms with Crippen LogP contribution in [-0.2, 0) is 37.8 Å². The Labute approximate surface area is 141 Å².